The molecule has 1 heterocycles. The van der Waals surface area contributed by atoms with Crippen molar-refractivity contribution in [1.82, 2.24) is 14.8 Å². The van der Waals surface area contributed by atoms with Crippen LogP contribution >= 0.6 is 23.2 Å². The molecule has 0 N–H and O–H groups in total. The Labute approximate surface area is 164 Å². The van der Waals surface area contributed by atoms with Gasteiger partial charge in [-0.25, -0.2) is 4.39 Å². The van der Waals surface area contributed by atoms with Gasteiger partial charge in [0, 0.05) is 24.1 Å². The SMILES string of the molecule is CC.C[C@H](F)Cc1ccc(Cl)cc1.Cn1cnnc1-c1ccccc1Cl. The summed E-state index contributed by atoms with van der Waals surface area (Å²) >= 11 is 11.7. The second-order valence-corrected chi connectivity index (χ2v) is 6.20. The number of hydrogen-bond donors (Lipinski definition) is 0. The molecule has 0 radical (unpaired) electrons. The highest BCUT2D eigenvalue weighted by atomic mass is 35.5. The van der Waals surface area contributed by atoms with E-state index in [1.807, 2.05) is 61.9 Å². The van der Waals surface area contributed by atoms with Gasteiger partial charge in [0.1, 0.15) is 12.5 Å². The van der Waals surface area contributed by atoms with Crippen molar-refractivity contribution in [1.29, 1.82) is 0 Å². The number of benzene rings is 2. The molecule has 0 amide bonds. The summed E-state index contributed by atoms with van der Waals surface area (Å²) < 4.78 is 14.3. The zero-order chi connectivity index (χ0) is 19.5. The number of rotatable bonds is 3. The normalized spacial score (nSPS) is 10.9. The van der Waals surface area contributed by atoms with Crippen molar-refractivity contribution in [3.8, 4) is 11.4 Å². The minimum absolute atomic E-state index is 0.469. The molecule has 2 aromatic carbocycles. The van der Waals surface area contributed by atoms with Gasteiger partial charge in [0.05, 0.1) is 5.02 Å². The second kappa shape index (κ2) is 11.7. The first-order chi connectivity index (χ1) is 12.5. The summed E-state index contributed by atoms with van der Waals surface area (Å²) in [6.07, 6.45) is 1.34. The van der Waals surface area contributed by atoms with Gasteiger partial charge in [0.15, 0.2) is 5.82 Å². The van der Waals surface area contributed by atoms with Gasteiger partial charge < -0.3 is 4.57 Å². The molecule has 0 bridgehead atoms. The summed E-state index contributed by atoms with van der Waals surface area (Å²) in [5.41, 5.74) is 1.90. The molecule has 1 aromatic heterocycles. The first kappa shape index (κ1) is 22.1. The summed E-state index contributed by atoms with van der Waals surface area (Å²) in [5.74, 6) is 0.783. The van der Waals surface area contributed by atoms with Gasteiger partial charge >= 0.3 is 0 Å². The quantitative estimate of drug-likeness (QED) is 0.513. The number of hydrogen-bond acceptors (Lipinski definition) is 2. The van der Waals surface area contributed by atoms with Gasteiger partial charge in [-0.2, -0.15) is 0 Å². The average Bonchev–Trinajstić information content (AvgIpc) is 3.05. The largest absolute Gasteiger partial charge is 0.317 e. The van der Waals surface area contributed by atoms with Crippen LogP contribution in [-0.2, 0) is 13.5 Å². The molecule has 0 spiro atoms. The predicted octanol–water partition coefficient (Wildman–Crippen LogP) is 6.40. The van der Waals surface area contributed by atoms with Gasteiger partial charge in [-0.05, 0) is 36.8 Å². The average molecular weight is 396 g/mol. The molecular weight excluding hydrogens is 372 g/mol. The fourth-order valence-electron chi connectivity index (χ4n) is 2.11. The number of aryl methyl sites for hydroxylation is 1. The highest BCUT2D eigenvalue weighted by molar-refractivity contribution is 6.33. The third-order valence-corrected chi connectivity index (χ3v) is 3.84. The van der Waals surface area contributed by atoms with Crippen LogP contribution < -0.4 is 0 Å². The van der Waals surface area contributed by atoms with Crippen LogP contribution in [0.3, 0.4) is 0 Å². The maximum atomic E-state index is 12.5. The van der Waals surface area contributed by atoms with E-state index in [4.69, 9.17) is 23.2 Å². The van der Waals surface area contributed by atoms with E-state index < -0.39 is 6.17 Å². The van der Waals surface area contributed by atoms with Gasteiger partial charge in [0.25, 0.3) is 0 Å². The summed E-state index contributed by atoms with van der Waals surface area (Å²) in [6, 6.07) is 14.8. The van der Waals surface area contributed by atoms with Crippen molar-refractivity contribution in [3.63, 3.8) is 0 Å². The molecule has 0 unspecified atom stereocenters. The van der Waals surface area contributed by atoms with Crippen molar-refractivity contribution in [3.05, 3.63) is 70.5 Å². The Morgan fingerprint density at radius 2 is 1.65 bits per heavy atom. The highest BCUT2D eigenvalue weighted by Crippen LogP contribution is 2.24. The molecule has 3 rings (SSSR count). The molecule has 6 heteroatoms. The van der Waals surface area contributed by atoms with Crippen LogP contribution in [0.25, 0.3) is 11.4 Å². The first-order valence-corrected chi connectivity index (χ1v) is 9.20. The van der Waals surface area contributed by atoms with E-state index in [9.17, 15) is 4.39 Å². The van der Waals surface area contributed by atoms with Crippen LogP contribution in [0.4, 0.5) is 4.39 Å². The Morgan fingerprint density at radius 1 is 1.04 bits per heavy atom. The summed E-state index contributed by atoms with van der Waals surface area (Å²) in [6.45, 7) is 5.55. The second-order valence-electron chi connectivity index (χ2n) is 5.36. The van der Waals surface area contributed by atoms with Crippen LogP contribution in [0.5, 0.6) is 0 Å². The van der Waals surface area contributed by atoms with Gasteiger partial charge in [0.2, 0.25) is 0 Å². The highest BCUT2D eigenvalue weighted by Gasteiger charge is 2.07. The zero-order valence-corrected chi connectivity index (χ0v) is 17.0. The van der Waals surface area contributed by atoms with Crippen molar-refractivity contribution in [2.24, 2.45) is 7.05 Å². The molecule has 1 atom stereocenters. The molecule has 140 valence electrons. The molecule has 0 saturated heterocycles. The van der Waals surface area contributed by atoms with E-state index in [0.29, 0.717) is 16.5 Å². The Balaban J connectivity index is 0.000000241. The van der Waals surface area contributed by atoms with Crippen molar-refractivity contribution < 1.29 is 4.39 Å². The third kappa shape index (κ3) is 7.14. The van der Waals surface area contributed by atoms with Crippen LogP contribution in [0, 0.1) is 0 Å². The lowest BCUT2D eigenvalue weighted by molar-refractivity contribution is 0.360. The summed E-state index contributed by atoms with van der Waals surface area (Å²) in [7, 11) is 1.89. The maximum absolute atomic E-state index is 12.5. The van der Waals surface area contributed by atoms with Crippen LogP contribution in [-0.4, -0.2) is 20.9 Å². The fraction of sp³-hybridized carbons (Fsp3) is 0.300. The van der Waals surface area contributed by atoms with Crippen LogP contribution in [0.2, 0.25) is 10.0 Å². The fourth-order valence-corrected chi connectivity index (χ4v) is 2.46. The lowest BCUT2D eigenvalue weighted by atomic mass is 10.1. The molecule has 0 aliphatic heterocycles. The smallest absolute Gasteiger partial charge is 0.164 e. The molecule has 3 aromatic rings. The monoisotopic (exact) mass is 395 g/mol. The molecule has 0 aliphatic carbocycles. The lowest BCUT2D eigenvalue weighted by Crippen LogP contribution is -1.97. The summed E-state index contributed by atoms with van der Waals surface area (Å²) in [4.78, 5) is 0. The third-order valence-electron chi connectivity index (χ3n) is 3.26. The van der Waals surface area contributed by atoms with E-state index >= 15 is 0 Å². The Bertz CT molecular complexity index is 771. The van der Waals surface area contributed by atoms with E-state index in [-0.39, 0.29) is 0 Å². The Morgan fingerprint density at radius 3 is 2.15 bits per heavy atom. The predicted molar refractivity (Wildman–Crippen MR) is 109 cm³/mol. The standard InChI is InChI=1S/C9H10ClF.C9H8ClN3.C2H6/c1-7(11)6-8-2-4-9(10)5-3-8;1-13-6-11-12-9(13)7-4-2-3-5-8(7)10;1-2/h2-5,7H,6H2,1H3;2-6H,1H3;1-2H3/t7-;;/m0../s1. The van der Waals surface area contributed by atoms with Crippen molar-refractivity contribution in [2.75, 3.05) is 0 Å². The van der Waals surface area contributed by atoms with Gasteiger partial charge in [-0.15, -0.1) is 10.2 Å². The number of halogens is 3. The van der Waals surface area contributed by atoms with Crippen LogP contribution in [0.15, 0.2) is 54.9 Å². The molecule has 0 fully saturated rings. The minimum Gasteiger partial charge on any atom is -0.317 e. The minimum atomic E-state index is -0.781. The Hall–Kier alpha value is -1.91. The number of nitrogens with zero attached hydrogens (tertiary/aromatic N) is 3. The maximum Gasteiger partial charge on any atom is 0.164 e. The Kier molecular flexibility index (Phi) is 9.92. The molecule has 26 heavy (non-hydrogen) atoms. The topological polar surface area (TPSA) is 30.7 Å². The van der Waals surface area contributed by atoms with E-state index in [0.717, 1.165) is 17.0 Å². The lowest BCUT2D eigenvalue weighted by Gasteiger charge is -2.01. The van der Waals surface area contributed by atoms with E-state index in [1.54, 1.807) is 25.4 Å². The van der Waals surface area contributed by atoms with Gasteiger partial charge in [-0.3, -0.25) is 0 Å². The summed E-state index contributed by atoms with van der Waals surface area (Å²) in [5, 5.41) is 9.16. The molecular formula is C20H24Cl2FN3. The zero-order valence-electron chi connectivity index (χ0n) is 15.5. The van der Waals surface area contributed by atoms with E-state index in [2.05, 4.69) is 10.2 Å². The number of aromatic nitrogens is 3. The van der Waals surface area contributed by atoms with Crippen molar-refractivity contribution >= 4 is 23.2 Å². The van der Waals surface area contributed by atoms with Gasteiger partial charge in [-0.1, -0.05) is 61.3 Å². The van der Waals surface area contributed by atoms with Crippen LogP contribution in [0.1, 0.15) is 26.3 Å². The van der Waals surface area contributed by atoms with E-state index in [1.165, 1.54) is 0 Å². The van der Waals surface area contributed by atoms with Crippen molar-refractivity contribution in [2.45, 2.75) is 33.4 Å². The molecule has 3 nitrogen and oxygen atoms in total. The number of alkyl halides is 1. The molecule has 0 aliphatic rings. The first-order valence-electron chi connectivity index (χ1n) is 8.44. The molecule has 0 saturated carbocycles.